The van der Waals surface area contributed by atoms with Gasteiger partial charge in [-0.3, -0.25) is 4.79 Å². The standard InChI is InChI=1S/C12H24N2O/c1-10(12(15)14(2)3)13-11-8-6-4-5-7-9-11/h10-11,13H,4-9H2,1-3H3. The fourth-order valence-corrected chi connectivity index (χ4v) is 2.26. The van der Waals surface area contributed by atoms with E-state index in [0.29, 0.717) is 6.04 Å². The largest absolute Gasteiger partial charge is 0.347 e. The van der Waals surface area contributed by atoms with Crippen LogP contribution in [0.25, 0.3) is 0 Å². The van der Waals surface area contributed by atoms with Crippen LogP contribution in [-0.4, -0.2) is 37.0 Å². The second-order valence-electron chi connectivity index (χ2n) is 4.81. The molecule has 1 unspecified atom stereocenters. The zero-order valence-corrected chi connectivity index (χ0v) is 10.3. The third-order valence-corrected chi connectivity index (χ3v) is 3.15. The summed E-state index contributed by atoms with van der Waals surface area (Å²) >= 11 is 0. The van der Waals surface area contributed by atoms with E-state index >= 15 is 0 Å². The van der Waals surface area contributed by atoms with Crippen LogP contribution in [0.4, 0.5) is 0 Å². The Kier molecular flexibility index (Phi) is 5.09. The summed E-state index contributed by atoms with van der Waals surface area (Å²) in [4.78, 5) is 13.3. The molecule has 3 nitrogen and oxygen atoms in total. The van der Waals surface area contributed by atoms with Gasteiger partial charge in [-0.15, -0.1) is 0 Å². The second-order valence-corrected chi connectivity index (χ2v) is 4.81. The summed E-state index contributed by atoms with van der Waals surface area (Å²) in [6.07, 6.45) is 7.78. The van der Waals surface area contributed by atoms with E-state index in [2.05, 4.69) is 5.32 Å². The summed E-state index contributed by atoms with van der Waals surface area (Å²) in [5.74, 6) is 0.180. The topological polar surface area (TPSA) is 32.3 Å². The highest BCUT2D eigenvalue weighted by Crippen LogP contribution is 2.17. The molecule has 0 bridgehead atoms. The van der Waals surface area contributed by atoms with Gasteiger partial charge in [-0.2, -0.15) is 0 Å². The van der Waals surface area contributed by atoms with Gasteiger partial charge < -0.3 is 10.2 Å². The van der Waals surface area contributed by atoms with Crippen molar-refractivity contribution in [1.82, 2.24) is 10.2 Å². The first-order valence-corrected chi connectivity index (χ1v) is 6.08. The third-order valence-electron chi connectivity index (χ3n) is 3.15. The second kappa shape index (κ2) is 6.11. The first-order valence-electron chi connectivity index (χ1n) is 6.08. The molecule has 0 aromatic heterocycles. The number of rotatable bonds is 3. The Morgan fingerprint density at radius 3 is 2.20 bits per heavy atom. The Bertz CT molecular complexity index is 196. The predicted molar refractivity (Wildman–Crippen MR) is 62.8 cm³/mol. The average molecular weight is 212 g/mol. The molecule has 1 amide bonds. The van der Waals surface area contributed by atoms with E-state index in [1.807, 2.05) is 21.0 Å². The summed E-state index contributed by atoms with van der Waals surface area (Å²) in [6, 6.07) is 0.509. The Morgan fingerprint density at radius 2 is 1.73 bits per heavy atom. The highest BCUT2D eigenvalue weighted by Gasteiger charge is 2.19. The average Bonchev–Trinajstić information content (AvgIpc) is 2.45. The van der Waals surface area contributed by atoms with Crippen LogP contribution in [0.15, 0.2) is 0 Å². The number of likely N-dealkylation sites (N-methyl/N-ethyl adjacent to an activating group) is 1. The molecule has 0 aliphatic heterocycles. The molecule has 15 heavy (non-hydrogen) atoms. The van der Waals surface area contributed by atoms with Crippen LogP contribution in [0.3, 0.4) is 0 Å². The first kappa shape index (κ1) is 12.5. The van der Waals surface area contributed by atoms with Gasteiger partial charge in [0, 0.05) is 20.1 Å². The van der Waals surface area contributed by atoms with Crippen molar-refractivity contribution >= 4 is 5.91 Å². The molecule has 0 saturated heterocycles. The summed E-state index contributed by atoms with van der Waals surface area (Å²) < 4.78 is 0. The van der Waals surface area contributed by atoms with Gasteiger partial charge in [-0.05, 0) is 19.8 Å². The molecule has 1 rings (SSSR count). The lowest BCUT2D eigenvalue weighted by molar-refractivity contribution is -0.130. The molecule has 0 heterocycles. The van der Waals surface area contributed by atoms with Crippen molar-refractivity contribution in [2.75, 3.05) is 14.1 Å². The molecule has 0 aromatic rings. The predicted octanol–water partition coefficient (Wildman–Crippen LogP) is 1.78. The number of hydrogen-bond donors (Lipinski definition) is 1. The zero-order chi connectivity index (χ0) is 11.3. The van der Waals surface area contributed by atoms with Gasteiger partial charge in [0.25, 0.3) is 0 Å². The lowest BCUT2D eigenvalue weighted by Gasteiger charge is -2.23. The van der Waals surface area contributed by atoms with Crippen molar-refractivity contribution in [3.8, 4) is 0 Å². The lowest BCUT2D eigenvalue weighted by Crippen LogP contribution is -2.46. The summed E-state index contributed by atoms with van der Waals surface area (Å²) in [5, 5.41) is 3.45. The van der Waals surface area contributed by atoms with Gasteiger partial charge in [0.2, 0.25) is 5.91 Å². The maximum atomic E-state index is 11.7. The highest BCUT2D eigenvalue weighted by molar-refractivity contribution is 5.80. The molecule has 1 N–H and O–H groups in total. The highest BCUT2D eigenvalue weighted by atomic mass is 16.2. The fraction of sp³-hybridized carbons (Fsp3) is 0.917. The molecule has 1 aliphatic carbocycles. The van der Waals surface area contributed by atoms with Crippen LogP contribution in [0, 0.1) is 0 Å². The maximum absolute atomic E-state index is 11.7. The van der Waals surface area contributed by atoms with Gasteiger partial charge in [0.1, 0.15) is 0 Å². The van der Waals surface area contributed by atoms with Crippen LogP contribution in [0.5, 0.6) is 0 Å². The van der Waals surface area contributed by atoms with Crippen LogP contribution in [0.1, 0.15) is 45.4 Å². The number of hydrogen-bond acceptors (Lipinski definition) is 2. The molecule has 0 spiro atoms. The molecule has 1 aliphatic rings. The maximum Gasteiger partial charge on any atom is 0.238 e. The number of amides is 1. The first-order chi connectivity index (χ1) is 7.11. The minimum atomic E-state index is -0.0388. The van der Waals surface area contributed by atoms with Crippen LogP contribution >= 0.6 is 0 Å². The van der Waals surface area contributed by atoms with Crippen molar-refractivity contribution in [3.05, 3.63) is 0 Å². The van der Waals surface area contributed by atoms with Gasteiger partial charge in [-0.25, -0.2) is 0 Å². The Morgan fingerprint density at radius 1 is 1.20 bits per heavy atom. The molecule has 0 radical (unpaired) electrons. The summed E-state index contributed by atoms with van der Waals surface area (Å²) in [6.45, 7) is 1.97. The Balaban J connectivity index is 2.35. The molecule has 1 saturated carbocycles. The van der Waals surface area contributed by atoms with E-state index < -0.39 is 0 Å². The van der Waals surface area contributed by atoms with Gasteiger partial charge >= 0.3 is 0 Å². The van der Waals surface area contributed by atoms with Crippen molar-refractivity contribution in [2.24, 2.45) is 0 Å². The van der Waals surface area contributed by atoms with Gasteiger partial charge in [0.15, 0.2) is 0 Å². The molecular weight excluding hydrogens is 188 g/mol. The van der Waals surface area contributed by atoms with Crippen LogP contribution < -0.4 is 5.32 Å². The van der Waals surface area contributed by atoms with E-state index in [-0.39, 0.29) is 11.9 Å². The normalized spacial score (nSPS) is 20.7. The minimum Gasteiger partial charge on any atom is -0.347 e. The summed E-state index contributed by atoms with van der Waals surface area (Å²) in [7, 11) is 3.63. The monoisotopic (exact) mass is 212 g/mol. The number of carbonyl (C=O) groups excluding carboxylic acids is 1. The van der Waals surface area contributed by atoms with Crippen molar-refractivity contribution in [3.63, 3.8) is 0 Å². The van der Waals surface area contributed by atoms with Crippen molar-refractivity contribution in [1.29, 1.82) is 0 Å². The molecule has 1 fully saturated rings. The minimum absolute atomic E-state index is 0.0388. The van der Waals surface area contributed by atoms with E-state index in [4.69, 9.17) is 0 Å². The van der Waals surface area contributed by atoms with Gasteiger partial charge in [0.05, 0.1) is 6.04 Å². The number of carbonyl (C=O) groups is 1. The van der Waals surface area contributed by atoms with E-state index in [0.717, 1.165) is 0 Å². The number of nitrogens with one attached hydrogen (secondary N) is 1. The van der Waals surface area contributed by atoms with Crippen molar-refractivity contribution in [2.45, 2.75) is 57.5 Å². The van der Waals surface area contributed by atoms with E-state index in [9.17, 15) is 4.79 Å². The zero-order valence-electron chi connectivity index (χ0n) is 10.3. The molecule has 3 heteroatoms. The molecule has 88 valence electrons. The SMILES string of the molecule is CC(NC1CCCCCC1)C(=O)N(C)C. The number of nitrogens with zero attached hydrogens (tertiary/aromatic N) is 1. The lowest BCUT2D eigenvalue weighted by atomic mass is 10.1. The third kappa shape index (κ3) is 4.20. The smallest absolute Gasteiger partial charge is 0.238 e. The Labute approximate surface area is 93.2 Å². The van der Waals surface area contributed by atoms with Crippen LogP contribution in [0.2, 0.25) is 0 Å². The molecule has 0 aromatic carbocycles. The van der Waals surface area contributed by atoms with E-state index in [1.54, 1.807) is 4.90 Å². The summed E-state index contributed by atoms with van der Waals surface area (Å²) in [5.41, 5.74) is 0. The molecule has 1 atom stereocenters. The van der Waals surface area contributed by atoms with Crippen molar-refractivity contribution < 1.29 is 4.79 Å². The quantitative estimate of drug-likeness (QED) is 0.723. The molecular formula is C12H24N2O. The van der Waals surface area contributed by atoms with E-state index in [1.165, 1.54) is 38.5 Å². The fourth-order valence-electron chi connectivity index (χ4n) is 2.26. The van der Waals surface area contributed by atoms with Crippen LogP contribution in [-0.2, 0) is 4.79 Å². The Hall–Kier alpha value is -0.570. The van der Waals surface area contributed by atoms with Gasteiger partial charge in [-0.1, -0.05) is 25.7 Å².